The average Bonchev–Trinajstić information content (AvgIpc) is 2.69. The minimum Gasteiger partial charge on any atom is -0.484 e. The van der Waals surface area contributed by atoms with Crippen LogP contribution in [0.1, 0.15) is 26.3 Å². The number of hydrogen-bond donors (Lipinski definition) is 1. The molecule has 1 N–H and O–H groups in total. The third-order valence-corrected chi connectivity index (χ3v) is 4.19. The van der Waals surface area contributed by atoms with Gasteiger partial charge in [-0.1, -0.05) is 32.9 Å². The highest BCUT2D eigenvalue weighted by Crippen LogP contribution is 2.24. The number of anilines is 1. The molecule has 9 heteroatoms. The number of carbonyl (C=O) groups is 2. The quantitative estimate of drug-likeness (QED) is 0.700. The Morgan fingerprint density at radius 3 is 2.00 bits per heavy atom. The molecule has 2 rings (SSSR count). The highest BCUT2D eigenvalue weighted by Gasteiger charge is 2.31. The van der Waals surface area contributed by atoms with E-state index in [1.165, 1.54) is 24.3 Å². The van der Waals surface area contributed by atoms with Gasteiger partial charge in [0.2, 0.25) is 5.91 Å². The normalized spacial score (nSPS) is 11.6. The number of nitrogens with zero attached hydrogens (tertiary/aromatic N) is 1. The van der Waals surface area contributed by atoms with Crippen molar-refractivity contribution in [3.05, 3.63) is 54.1 Å². The van der Waals surface area contributed by atoms with Crippen molar-refractivity contribution < 1.29 is 32.2 Å². The average molecular weight is 438 g/mol. The molecule has 0 spiro atoms. The Hall–Kier alpha value is -3.23. The molecular weight excluding hydrogens is 413 g/mol. The fourth-order valence-corrected chi connectivity index (χ4v) is 2.60. The van der Waals surface area contributed by atoms with Crippen molar-refractivity contribution >= 4 is 17.5 Å². The van der Waals surface area contributed by atoms with Gasteiger partial charge in [0.15, 0.2) is 6.61 Å². The fraction of sp³-hybridized carbons (Fsp3) is 0.364. The molecule has 31 heavy (non-hydrogen) atoms. The summed E-state index contributed by atoms with van der Waals surface area (Å²) in [4.78, 5) is 25.8. The summed E-state index contributed by atoms with van der Waals surface area (Å²) in [5.41, 5.74) is 0.807. The van der Waals surface area contributed by atoms with E-state index in [4.69, 9.17) is 4.74 Å². The van der Waals surface area contributed by atoms with Gasteiger partial charge in [-0.05, 0) is 42.0 Å². The van der Waals surface area contributed by atoms with Crippen molar-refractivity contribution in [2.45, 2.75) is 33.7 Å². The summed E-state index contributed by atoms with van der Waals surface area (Å²) in [6, 6.07) is 12.0. The zero-order valence-corrected chi connectivity index (χ0v) is 17.7. The third-order valence-electron chi connectivity index (χ3n) is 4.19. The van der Waals surface area contributed by atoms with Crippen LogP contribution in [0.15, 0.2) is 48.5 Å². The summed E-state index contributed by atoms with van der Waals surface area (Å²) in [6.07, 6.45) is -4.75. The number of ether oxygens (including phenoxy) is 2. The van der Waals surface area contributed by atoms with Gasteiger partial charge in [0, 0.05) is 24.7 Å². The molecule has 0 atom stereocenters. The molecule has 0 unspecified atom stereocenters. The summed E-state index contributed by atoms with van der Waals surface area (Å²) < 4.78 is 45.7. The van der Waals surface area contributed by atoms with Crippen LogP contribution in [0.5, 0.6) is 11.5 Å². The Kier molecular flexibility index (Phi) is 7.54. The predicted octanol–water partition coefficient (Wildman–Crippen LogP) is 4.29. The van der Waals surface area contributed by atoms with E-state index in [1.807, 2.05) is 20.8 Å². The highest BCUT2D eigenvalue weighted by molar-refractivity contribution is 5.96. The molecule has 0 bridgehead atoms. The molecule has 0 heterocycles. The fourth-order valence-electron chi connectivity index (χ4n) is 2.60. The summed E-state index contributed by atoms with van der Waals surface area (Å²) in [5, 5.41) is 2.62. The number of nitrogens with one attached hydrogen (secondary N) is 1. The van der Waals surface area contributed by atoms with E-state index in [0.717, 1.165) is 0 Å². The van der Waals surface area contributed by atoms with Crippen molar-refractivity contribution in [2.75, 3.05) is 18.6 Å². The first-order valence-electron chi connectivity index (χ1n) is 9.47. The first-order valence-corrected chi connectivity index (χ1v) is 9.47. The van der Waals surface area contributed by atoms with Gasteiger partial charge in [-0.15, -0.1) is 13.2 Å². The standard InChI is InChI=1S/C22H25F3N2O4/c1-21(2,3)20(29)27(4)16-7-11-17(12-8-16)30-14-19(28)26-13-15-5-9-18(10-6-15)31-22(23,24)25/h5-12H,13-14H2,1-4H3,(H,26,28). The molecule has 0 saturated heterocycles. The van der Waals surface area contributed by atoms with Crippen molar-refractivity contribution in [1.82, 2.24) is 5.32 Å². The lowest BCUT2D eigenvalue weighted by Crippen LogP contribution is -2.36. The van der Waals surface area contributed by atoms with Gasteiger partial charge in [-0.25, -0.2) is 0 Å². The van der Waals surface area contributed by atoms with Gasteiger partial charge in [-0.2, -0.15) is 0 Å². The van der Waals surface area contributed by atoms with Crippen LogP contribution < -0.4 is 19.7 Å². The molecule has 168 valence electrons. The van der Waals surface area contributed by atoms with Crippen molar-refractivity contribution in [2.24, 2.45) is 5.41 Å². The summed E-state index contributed by atoms with van der Waals surface area (Å²) in [6.45, 7) is 5.42. The van der Waals surface area contributed by atoms with Crippen LogP contribution in [-0.4, -0.2) is 31.8 Å². The van der Waals surface area contributed by atoms with Crippen LogP contribution >= 0.6 is 0 Å². The number of alkyl halides is 3. The van der Waals surface area contributed by atoms with Gasteiger partial charge in [-0.3, -0.25) is 9.59 Å². The molecule has 0 radical (unpaired) electrons. The molecule has 0 saturated carbocycles. The van der Waals surface area contributed by atoms with Gasteiger partial charge < -0.3 is 19.7 Å². The third kappa shape index (κ3) is 7.84. The van der Waals surface area contributed by atoms with E-state index >= 15 is 0 Å². The van der Waals surface area contributed by atoms with E-state index < -0.39 is 11.8 Å². The number of rotatable bonds is 7. The zero-order valence-electron chi connectivity index (χ0n) is 17.7. The lowest BCUT2D eigenvalue weighted by atomic mass is 9.95. The second kappa shape index (κ2) is 9.72. The molecule has 0 aliphatic heterocycles. The maximum absolute atomic E-state index is 12.3. The molecule has 2 amide bonds. The summed E-state index contributed by atoms with van der Waals surface area (Å²) in [7, 11) is 1.69. The van der Waals surface area contributed by atoms with Crippen molar-refractivity contribution in [1.29, 1.82) is 0 Å². The lowest BCUT2D eigenvalue weighted by Gasteiger charge is -2.26. The van der Waals surface area contributed by atoms with Crippen molar-refractivity contribution in [3.8, 4) is 11.5 Å². The monoisotopic (exact) mass is 438 g/mol. The summed E-state index contributed by atoms with van der Waals surface area (Å²) in [5.74, 6) is -0.286. The molecule has 2 aromatic rings. The Labute approximate surface area is 178 Å². The van der Waals surface area contributed by atoms with Gasteiger partial charge in [0.25, 0.3) is 5.91 Å². The molecule has 0 aliphatic rings. The second-order valence-electron chi connectivity index (χ2n) is 7.87. The largest absolute Gasteiger partial charge is 0.573 e. The molecule has 0 fully saturated rings. The van der Waals surface area contributed by atoms with Crippen LogP contribution in [0, 0.1) is 5.41 Å². The maximum Gasteiger partial charge on any atom is 0.573 e. The number of halogens is 3. The Balaban J connectivity index is 1.80. The minimum absolute atomic E-state index is 0.0291. The number of carbonyl (C=O) groups excluding carboxylic acids is 2. The minimum atomic E-state index is -4.75. The molecule has 6 nitrogen and oxygen atoms in total. The van der Waals surface area contributed by atoms with E-state index in [0.29, 0.717) is 17.0 Å². The number of amides is 2. The zero-order chi connectivity index (χ0) is 23.2. The van der Waals surface area contributed by atoms with E-state index in [2.05, 4.69) is 10.1 Å². The topological polar surface area (TPSA) is 67.9 Å². The Morgan fingerprint density at radius 1 is 0.935 bits per heavy atom. The van der Waals surface area contributed by atoms with E-state index in [9.17, 15) is 22.8 Å². The number of hydrogen-bond acceptors (Lipinski definition) is 4. The predicted molar refractivity (Wildman–Crippen MR) is 110 cm³/mol. The smallest absolute Gasteiger partial charge is 0.484 e. The van der Waals surface area contributed by atoms with Crippen LogP contribution in [0.2, 0.25) is 0 Å². The van der Waals surface area contributed by atoms with Crippen LogP contribution in [0.3, 0.4) is 0 Å². The Morgan fingerprint density at radius 2 is 1.48 bits per heavy atom. The van der Waals surface area contributed by atoms with E-state index in [-0.39, 0.29) is 30.7 Å². The van der Waals surface area contributed by atoms with Crippen LogP contribution in [0.4, 0.5) is 18.9 Å². The first-order chi connectivity index (χ1) is 14.3. The van der Waals surface area contributed by atoms with Crippen molar-refractivity contribution in [3.63, 3.8) is 0 Å². The molecule has 0 aromatic heterocycles. The van der Waals surface area contributed by atoms with Gasteiger partial charge >= 0.3 is 6.36 Å². The first kappa shape index (κ1) is 24.0. The summed E-state index contributed by atoms with van der Waals surface area (Å²) >= 11 is 0. The Bertz CT molecular complexity index is 889. The second-order valence-corrected chi connectivity index (χ2v) is 7.87. The van der Waals surface area contributed by atoms with Crippen LogP contribution in [0.25, 0.3) is 0 Å². The van der Waals surface area contributed by atoms with Crippen LogP contribution in [-0.2, 0) is 16.1 Å². The van der Waals surface area contributed by atoms with Gasteiger partial charge in [0.05, 0.1) is 0 Å². The maximum atomic E-state index is 12.3. The lowest BCUT2D eigenvalue weighted by molar-refractivity contribution is -0.274. The number of benzene rings is 2. The molecule has 2 aromatic carbocycles. The van der Waals surface area contributed by atoms with Gasteiger partial charge in [0.1, 0.15) is 11.5 Å². The highest BCUT2D eigenvalue weighted by atomic mass is 19.4. The van der Waals surface area contributed by atoms with E-state index in [1.54, 1.807) is 36.2 Å². The molecular formula is C22H25F3N2O4. The molecule has 0 aliphatic carbocycles. The SMILES string of the molecule is CN(C(=O)C(C)(C)C)c1ccc(OCC(=O)NCc2ccc(OC(F)(F)F)cc2)cc1.